The molecule has 0 saturated heterocycles. The Balaban J connectivity index is 2.31. The van der Waals surface area contributed by atoms with Crippen LogP contribution < -0.4 is 0 Å². The predicted molar refractivity (Wildman–Crippen MR) is 59.8 cm³/mol. The van der Waals surface area contributed by atoms with Gasteiger partial charge in [-0.2, -0.15) is 4.98 Å². The number of nitrogens with zero attached hydrogens (tertiary/aromatic N) is 3. The molecule has 0 unspecified atom stereocenters. The summed E-state index contributed by atoms with van der Waals surface area (Å²) in [6.45, 7) is 1.80. The molecule has 0 amide bonds. The first-order valence-corrected chi connectivity index (χ1v) is 4.99. The van der Waals surface area contributed by atoms with Crippen LogP contribution in [-0.2, 0) is 0 Å². The summed E-state index contributed by atoms with van der Waals surface area (Å²) in [5, 5.41) is 4.85. The van der Waals surface area contributed by atoms with E-state index in [1.54, 1.807) is 13.1 Å². The van der Waals surface area contributed by atoms with Crippen LogP contribution in [0.2, 0.25) is 0 Å². The highest BCUT2D eigenvalue weighted by atomic mass is 16.5. The van der Waals surface area contributed by atoms with E-state index in [0.717, 1.165) is 16.5 Å². The van der Waals surface area contributed by atoms with E-state index < -0.39 is 0 Å². The van der Waals surface area contributed by atoms with Crippen LogP contribution in [-0.4, -0.2) is 15.1 Å². The molecule has 0 aliphatic rings. The first kappa shape index (κ1) is 9.03. The number of benzene rings is 1. The van der Waals surface area contributed by atoms with Gasteiger partial charge in [-0.1, -0.05) is 23.4 Å². The lowest BCUT2D eigenvalue weighted by Gasteiger charge is -1.99. The van der Waals surface area contributed by atoms with E-state index >= 15 is 0 Å². The number of fused-ring (bicyclic) bond motifs is 1. The van der Waals surface area contributed by atoms with Crippen molar-refractivity contribution in [2.24, 2.45) is 0 Å². The normalized spacial score (nSPS) is 10.8. The lowest BCUT2D eigenvalue weighted by atomic mass is 10.1. The first-order valence-electron chi connectivity index (χ1n) is 4.99. The van der Waals surface area contributed by atoms with Crippen LogP contribution >= 0.6 is 0 Å². The van der Waals surface area contributed by atoms with E-state index in [0.29, 0.717) is 11.7 Å². The maximum Gasteiger partial charge on any atom is 0.260 e. The van der Waals surface area contributed by atoms with Crippen molar-refractivity contribution in [3.8, 4) is 11.5 Å². The zero-order valence-corrected chi connectivity index (χ0v) is 8.71. The molecule has 0 bridgehead atoms. The van der Waals surface area contributed by atoms with Gasteiger partial charge in [0.2, 0.25) is 0 Å². The third kappa shape index (κ3) is 1.35. The Morgan fingerprint density at radius 1 is 1.12 bits per heavy atom. The molecule has 2 aromatic heterocycles. The van der Waals surface area contributed by atoms with Crippen LogP contribution in [0.4, 0.5) is 0 Å². The minimum Gasteiger partial charge on any atom is -0.334 e. The number of para-hydroxylation sites is 1. The van der Waals surface area contributed by atoms with Crippen molar-refractivity contribution in [3.05, 3.63) is 42.4 Å². The summed E-state index contributed by atoms with van der Waals surface area (Å²) in [6.07, 6.45) is 1.76. The van der Waals surface area contributed by atoms with Gasteiger partial charge >= 0.3 is 0 Å². The molecule has 0 aliphatic carbocycles. The average molecular weight is 211 g/mol. The van der Waals surface area contributed by atoms with Crippen molar-refractivity contribution in [2.45, 2.75) is 6.92 Å². The highest BCUT2D eigenvalue weighted by molar-refractivity contribution is 5.91. The highest BCUT2D eigenvalue weighted by Gasteiger charge is 2.10. The Bertz CT molecular complexity index is 640. The maximum atomic E-state index is 5.16. The molecule has 0 atom stereocenters. The molecule has 0 N–H and O–H groups in total. The molecular weight excluding hydrogens is 202 g/mol. The monoisotopic (exact) mass is 211 g/mol. The fourth-order valence-electron chi connectivity index (χ4n) is 1.68. The topological polar surface area (TPSA) is 51.8 Å². The third-order valence-electron chi connectivity index (χ3n) is 2.39. The third-order valence-corrected chi connectivity index (χ3v) is 2.39. The van der Waals surface area contributed by atoms with Crippen LogP contribution in [0.5, 0.6) is 0 Å². The van der Waals surface area contributed by atoms with Crippen molar-refractivity contribution < 1.29 is 4.52 Å². The van der Waals surface area contributed by atoms with Crippen LogP contribution in [0.25, 0.3) is 22.4 Å². The largest absolute Gasteiger partial charge is 0.334 e. The fourth-order valence-corrected chi connectivity index (χ4v) is 1.68. The summed E-state index contributed by atoms with van der Waals surface area (Å²) in [6, 6.07) is 9.82. The van der Waals surface area contributed by atoms with E-state index in [1.165, 1.54) is 0 Å². The number of aryl methyl sites for hydroxylation is 1. The number of rotatable bonds is 1. The van der Waals surface area contributed by atoms with Crippen molar-refractivity contribution in [1.82, 2.24) is 15.1 Å². The molecule has 78 valence electrons. The average Bonchev–Trinajstić information content (AvgIpc) is 2.75. The molecule has 2 heterocycles. The predicted octanol–water partition coefficient (Wildman–Crippen LogP) is 2.59. The van der Waals surface area contributed by atoms with Crippen LogP contribution in [0, 0.1) is 6.92 Å². The van der Waals surface area contributed by atoms with E-state index in [-0.39, 0.29) is 0 Å². The van der Waals surface area contributed by atoms with E-state index in [4.69, 9.17) is 4.52 Å². The maximum absolute atomic E-state index is 5.16. The standard InChI is InChI=1S/C12H9N3O/c1-8-14-12(16-15-8)10-6-2-4-9-5-3-7-13-11(9)10/h2-7H,1H3. The lowest BCUT2D eigenvalue weighted by molar-refractivity contribution is 0.426. The minimum atomic E-state index is 0.516. The fraction of sp³-hybridized carbons (Fsp3) is 0.0833. The Hall–Kier alpha value is -2.23. The summed E-state index contributed by atoms with van der Waals surface area (Å²) in [5.41, 5.74) is 1.76. The number of aromatic nitrogens is 3. The summed E-state index contributed by atoms with van der Waals surface area (Å²) >= 11 is 0. The Morgan fingerprint density at radius 2 is 2.00 bits per heavy atom. The molecule has 3 aromatic rings. The Kier molecular flexibility index (Phi) is 1.93. The molecule has 1 aromatic carbocycles. The van der Waals surface area contributed by atoms with Crippen molar-refractivity contribution in [1.29, 1.82) is 0 Å². The summed E-state index contributed by atoms with van der Waals surface area (Å²) < 4.78 is 5.16. The Labute approximate surface area is 91.9 Å². The molecule has 4 heteroatoms. The van der Waals surface area contributed by atoms with E-state index in [2.05, 4.69) is 15.1 Å². The van der Waals surface area contributed by atoms with Crippen molar-refractivity contribution in [2.75, 3.05) is 0 Å². The van der Waals surface area contributed by atoms with Gasteiger partial charge in [-0.15, -0.1) is 0 Å². The molecule has 0 aliphatic heterocycles. The van der Waals surface area contributed by atoms with Gasteiger partial charge in [-0.05, 0) is 19.1 Å². The molecule has 4 nitrogen and oxygen atoms in total. The quantitative estimate of drug-likeness (QED) is 0.620. The van der Waals surface area contributed by atoms with Gasteiger partial charge in [-0.3, -0.25) is 4.98 Å². The number of hydrogen-bond donors (Lipinski definition) is 0. The van der Waals surface area contributed by atoms with Crippen LogP contribution in [0.1, 0.15) is 5.82 Å². The van der Waals surface area contributed by atoms with E-state index in [1.807, 2.05) is 30.3 Å². The van der Waals surface area contributed by atoms with Gasteiger partial charge in [0.1, 0.15) is 0 Å². The molecular formula is C12H9N3O. The smallest absolute Gasteiger partial charge is 0.260 e. The van der Waals surface area contributed by atoms with Gasteiger partial charge in [0.05, 0.1) is 11.1 Å². The van der Waals surface area contributed by atoms with Crippen molar-refractivity contribution in [3.63, 3.8) is 0 Å². The minimum absolute atomic E-state index is 0.516. The summed E-state index contributed by atoms with van der Waals surface area (Å²) in [7, 11) is 0. The summed E-state index contributed by atoms with van der Waals surface area (Å²) in [5.74, 6) is 1.14. The van der Waals surface area contributed by atoms with Crippen molar-refractivity contribution >= 4 is 10.9 Å². The second-order valence-corrected chi connectivity index (χ2v) is 3.53. The molecule has 0 saturated carbocycles. The van der Waals surface area contributed by atoms with Gasteiger partial charge < -0.3 is 4.52 Å². The molecule has 16 heavy (non-hydrogen) atoms. The van der Waals surface area contributed by atoms with Gasteiger partial charge in [0, 0.05) is 11.6 Å². The number of hydrogen-bond acceptors (Lipinski definition) is 4. The van der Waals surface area contributed by atoms with Gasteiger partial charge in [0.25, 0.3) is 5.89 Å². The van der Waals surface area contributed by atoms with Gasteiger partial charge in [0.15, 0.2) is 5.82 Å². The van der Waals surface area contributed by atoms with Crippen LogP contribution in [0.15, 0.2) is 41.1 Å². The second-order valence-electron chi connectivity index (χ2n) is 3.53. The Morgan fingerprint density at radius 3 is 2.81 bits per heavy atom. The zero-order valence-electron chi connectivity index (χ0n) is 8.71. The number of pyridine rings is 1. The zero-order chi connectivity index (χ0) is 11.0. The molecule has 0 radical (unpaired) electrons. The van der Waals surface area contributed by atoms with Gasteiger partial charge in [-0.25, -0.2) is 0 Å². The molecule has 0 fully saturated rings. The molecule has 3 rings (SSSR count). The van der Waals surface area contributed by atoms with E-state index in [9.17, 15) is 0 Å². The summed E-state index contributed by atoms with van der Waals surface area (Å²) in [4.78, 5) is 8.55. The first-order chi connectivity index (χ1) is 7.84. The lowest BCUT2D eigenvalue weighted by Crippen LogP contribution is -1.84. The SMILES string of the molecule is Cc1noc(-c2cccc3cccnc23)n1. The second kappa shape index (κ2) is 3.41. The van der Waals surface area contributed by atoms with Crippen LogP contribution in [0.3, 0.4) is 0 Å². The highest BCUT2D eigenvalue weighted by Crippen LogP contribution is 2.25. The molecule has 0 spiro atoms.